The number of nitrogens with two attached hydrogens (primary N) is 6. The van der Waals surface area contributed by atoms with Gasteiger partial charge in [-0.2, -0.15) is 0 Å². The van der Waals surface area contributed by atoms with Crippen LogP contribution in [-0.4, -0.2) is 148 Å². The second-order valence-corrected chi connectivity index (χ2v) is 16.5. The van der Waals surface area contributed by atoms with E-state index in [1.807, 2.05) is 24.3 Å². The molecule has 0 atom stereocenters. The molecule has 30 heteroatoms. The third-order valence-corrected chi connectivity index (χ3v) is 10.5. The van der Waals surface area contributed by atoms with Crippen molar-refractivity contribution < 1.29 is 47.6 Å². The summed E-state index contributed by atoms with van der Waals surface area (Å²) in [6.07, 6.45) is 3.44. The number of carbonyl (C=O) groups is 4. The number of guanidine groups is 2. The number of aromatic nitrogens is 4. The maximum absolute atomic E-state index is 12.4. The van der Waals surface area contributed by atoms with Crippen LogP contribution in [0.15, 0.2) is 58.5 Å². The number of anilines is 4. The number of unbranched alkanes of at least 4 members (excludes halogenated alkanes) is 3. The summed E-state index contributed by atoms with van der Waals surface area (Å²) in [4.78, 5) is 72.3. The number of carbonyl (C=O) groups excluding carboxylic acids is 4. The van der Waals surface area contributed by atoms with Gasteiger partial charge in [0.25, 0.3) is 11.8 Å². The molecule has 0 unspecified atom stereocenters. The number of aliphatic imine (C=N–C) groups is 2. The number of nitrogen functional groups attached to an aromatic ring is 4. The molecule has 2 aromatic heterocycles. The van der Waals surface area contributed by atoms with Gasteiger partial charge in [-0.25, -0.2) is 39.5 Å². The minimum Gasteiger partial charge on any atom is -0.491 e. The van der Waals surface area contributed by atoms with Gasteiger partial charge in [0, 0.05) is 26.2 Å². The number of urea groups is 2. The number of amides is 6. The van der Waals surface area contributed by atoms with E-state index in [2.05, 4.69) is 61.8 Å². The summed E-state index contributed by atoms with van der Waals surface area (Å²) in [6, 6.07) is 13.8. The molecule has 0 bridgehead atoms. The molecule has 414 valence electrons. The molecule has 4 aromatic rings. The number of halogens is 2. The molecule has 0 spiro atoms. The number of ether oxygens (including phenoxy) is 6. The van der Waals surface area contributed by atoms with Crippen molar-refractivity contribution >= 4 is 82.3 Å². The Morgan fingerprint density at radius 2 is 0.789 bits per heavy atom. The van der Waals surface area contributed by atoms with Crippen molar-refractivity contribution in [2.24, 2.45) is 21.5 Å². The monoisotopic (exact) mass is 1100 g/mol. The molecule has 0 aliphatic carbocycles. The Hall–Kier alpha value is -7.76. The maximum atomic E-state index is 12.4. The molecule has 0 saturated heterocycles. The lowest BCUT2D eigenvalue weighted by Gasteiger charge is -2.10. The standard InChI is InChI=1S/C46H66Cl2N18O10/c47-35-39(51)63-37(49)33(61-35)41(67)65-43(53)59-27-29-5-9-31(10-6-29)75-25-23-73-21-19-71-17-15-57-45(69)55-13-3-1-2-4-14-56-46(70)58-16-18-72-20-22-74-24-26-76-32-11-7-30(8-12-32)28-60-44(54)66-42(68)34-38(50)64-40(52)36(48)62-34/h5-12H,1-4,13-28H2,(H4,49,51,63)(H4,50,52,64)(H2,55,57,69)(H2,56,58,70)(H3,53,59,65,67)(H3,54,60,66,68). The van der Waals surface area contributed by atoms with E-state index in [4.69, 9.17) is 86.0 Å². The number of rotatable bonds is 33. The van der Waals surface area contributed by atoms with Crippen LogP contribution in [0.1, 0.15) is 57.8 Å². The fourth-order valence-electron chi connectivity index (χ4n) is 6.07. The van der Waals surface area contributed by atoms with E-state index in [-0.39, 0.29) is 82.0 Å². The van der Waals surface area contributed by atoms with Gasteiger partial charge in [0.1, 0.15) is 24.7 Å². The molecule has 4 rings (SSSR count). The molecule has 28 nitrogen and oxygen atoms in total. The van der Waals surface area contributed by atoms with Crippen molar-refractivity contribution in [3.8, 4) is 11.5 Å². The van der Waals surface area contributed by atoms with Crippen LogP contribution in [0, 0.1) is 0 Å². The second kappa shape index (κ2) is 34.7. The van der Waals surface area contributed by atoms with Crippen molar-refractivity contribution in [1.29, 1.82) is 0 Å². The van der Waals surface area contributed by atoms with Crippen LogP contribution < -0.4 is 75.8 Å². The second-order valence-electron chi connectivity index (χ2n) is 15.8. The third kappa shape index (κ3) is 24.5. The molecular formula is C46H66Cl2N18O10. The van der Waals surface area contributed by atoms with Crippen LogP contribution >= 0.6 is 23.2 Å². The number of hydrogen-bond donors (Lipinski definition) is 12. The number of benzene rings is 2. The van der Waals surface area contributed by atoms with Crippen molar-refractivity contribution in [3.63, 3.8) is 0 Å². The van der Waals surface area contributed by atoms with Gasteiger partial charge in [-0.15, -0.1) is 0 Å². The summed E-state index contributed by atoms with van der Waals surface area (Å²) < 4.78 is 33.5. The van der Waals surface area contributed by atoms with Crippen molar-refractivity contribution in [2.75, 3.05) is 115 Å². The van der Waals surface area contributed by atoms with E-state index in [1.54, 1.807) is 24.3 Å². The van der Waals surface area contributed by atoms with Crippen LogP contribution in [0.4, 0.5) is 32.9 Å². The predicted molar refractivity (Wildman–Crippen MR) is 286 cm³/mol. The molecular weight excluding hydrogens is 1040 g/mol. The predicted octanol–water partition coefficient (Wildman–Crippen LogP) is 1.07. The Bertz CT molecular complexity index is 2340. The first kappa shape index (κ1) is 60.8. The van der Waals surface area contributed by atoms with Gasteiger partial charge in [-0.05, 0) is 48.2 Å². The van der Waals surface area contributed by atoms with Gasteiger partial charge < -0.3 is 84.1 Å². The molecule has 0 aliphatic rings. The van der Waals surface area contributed by atoms with Crippen LogP contribution in [0.3, 0.4) is 0 Å². The van der Waals surface area contributed by atoms with Crippen LogP contribution in [-0.2, 0) is 32.0 Å². The van der Waals surface area contributed by atoms with E-state index in [9.17, 15) is 19.2 Å². The van der Waals surface area contributed by atoms with Crippen molar-refractivity contribution in [3.05, 3.63) is 81.4 Å². The van der Waals surface area contributed by atoms with Gasteiger partial charge in [-0.3, -0.25) is 20.2 Å². The van der Waals surface area contributed by atoms with E-state index in [0.717, 1.165) is 36.8 Å². The van der Waals surface area contributed by atoms with Gasteiger partial charge in [0.05, 0.1) is 65.9 Å². The third-order valence-electron chi connectivity index (χ3n) is 9.91. The highest BCUT2D eigenvalue weighted by Crippen LogP contribution is 2.19. The zero-order valence-electron chi connectivity index (χ0n) is 41.7. The van der Waals surface area contributed by atoms with Gasteiger partial charge in [-0.1, -0.05) is 60.3 Å². The van der Waals surface area contributed by atoms with E-state index >= 15 is 0 Å². The summed E-state index contributed by atoms with van der Waals surface area (Å²) in [5, 5.41) is 15.6. The Kier molecular flexibility index (Phi) is 27.7. The maximum Gasteiger partial charge on any atom is 0.314 e. The Labute approximate surface area is 448 Å². The van der Waals surface area contributed by atoms with Gasteiger partial charge >= 0.3 is 12.1 Å². The summed E-state index contributed by atoms with van der Waals surface area (Å²) in [6.45, 7) is 5.67. The van der Waals surface area contributed by atoms with Crippen LogP contribution in [0.2, 0.25) is 10.3 Å². The minimum atomic E-state index is -0.727. The Morgan fingerprint density at radius 3 is 1.17 bits per heavy atom. The molecule has 0 saturated carbocycles. The molecule has 0 aliphatic heterocycles. The molecule has 76 heavy (non-hydrogen) atoms. The average molecular weight is 1100 g/mol. The van der Waals surface area contributed by atoms with E-state index in [0.29, 0.717) is 104 Å². The molecule has 2 heterocycles. The number of hydrogen-bond acceptors (Lipinski definition) is 20. The smallest absolute Gasteiger partial charge is 0.314 e. The molecule has 18 N–H and O–H groups in total. The van der Waals surface area contributed by atoms with Crippen molar-refractivity contribution in [1.82, 2.24) is 51.8 Å². The lowest BCUT2D eigenvalue weighted by molar-refractivity contribution is 0.0377. The molecule has 6 amide bonds. The molecule has 2 aromatic carbocycles. The lowest BCUT2D eigenvalue weighted by Crippen LogP contribution is -2.38. The lowest BCUT2D eigenvalue weighted by atomic mass is 10.2. The SMILES string of the molecule is NC(=NCc1ccc(OCCOCCOCCNC(=O)NCCCCCCNC(=O)NCCOCCOCCOc2ccc(CN=C(N)NC(=O)c3nc(Cl)c(N)nc3N)cc2)cc1)NC(=O)c1nc(Cl)c(N)nc1N. The topological polar surface area (TPSA) is 428 Å². The number of nitrogens with one attached hydrogen (secondary N) is 6. The highest BCUT2D eigenvalue weighted by atomic mass is 35.5. The minimum absolute atomic E-state index is 0.0960. The first-order valence-corrected chi connectivity index (χ1v) is 24.6. The first-order valence-electron chi connectivity index (χ1n) is 23.9. The van der Waals surface area contributed by atoms with Crippen molar-refractivity contribution in [2.45, 2.75) is 38.8 Å². The van der Waals surface area contributed by atoms with E-state index < -0.39 is 11.8 Å². The zero-order valence-corrected chi connectivity index (χ0v) is 43.3. The fraction of sp³-hybridized carbons (Fsp3) is 0.435. The zero-order chi connectivity index (χ0) is 54.9. The summed E-state index contributed by atoms with van der Waals surface area (Å²) in [5.74, 6) is -1.05. The van der Waals surface area contributed by atoms with Crippen LogP contribution in [0.5, 0.6) is 11.5 Å². The largest absolute Gasteiger partial charge is 0.491 e. The van der Waals surface area contributed by atoms with Crippen LogP contribution in [0.25, 0.3) is 0 Å². The Balaban J connectivity index is 0.856. The summed E-state index contributed by atoms with van der Waals surface area (Å²) >= 11 is 11.6. The fourth-order valence-corrected chi connectivity index (χ4v) is 6.32. The number of nitrogens with zero attached hydrogens (tertiary/aromatic N) is 6. The normalized spacial score (nSPS) is 11.4. The average Bonchev–Trinajstić information content (AvgIpc) is 3.39. The summed E-state index contributed by atoms with van der Waals surface area (Å²) in [5.41, 5.74) is 35.3. The quantitative estimate of drug-likeness (QED) is 0.0180. The van der Waals surface area contributed by atoms with Gasteiger partial charge in [0.15, 0.2) is 56.9 Å². The highest BCUT2D eigenvalue weighted by molar-refractivity contribution is 6.32. The summed E-state index contributed by atoms with van der Waals surface area (Å²) in [7, 11) is 0. The Morgan fingerprint density at radius 1 is 0.447 bits per heavy atom. The van der Waals surface area contributed by atoms with E-state index in [1.165, 1.54) is 0 Å². The molecule has 0 radical (unpaired) electrons. The first-order chi connectivity index (χ1) is 36.7. The highest BCUT2D eigenvalue weighted by Gasteiger charge is 2.18. The van der Waals surface area contributed by atoms with Gasteiger partial charge in [0.2, 0.25) is 0 Å². The molecule has 0 fully saturated rings.